The molecule has 22 rings (SSSR count). The number of ether oxygens (including phenoxy) is 4. The lowest BCUT2D eigenvalue weighted by atomic mass is 9.90. The van der Waals surface area contributed by atoms with Crippen LogP contribution in [0.15, 0.2) is 290 Å². The van der Waals surface area contributed by atoms with E-state index >= 15 is 0 Å². The van der Waals surface area contributed by atoms with Gasteiger partial charge in [-0.3, -0.25) is 10.1 Å². The highest BCUT2D eigenvalue weighted by atomic mass is 79.9. The van der Waals surface area contributed by atoms with Crippen molar-refractivity contribution in [2.24, 2.45) is 0 Å². The van der Waals surface area contributed by atoms with E-state index < -0.39 is 23.8 Å². The standard InChI is InChI=1S/C25H23N3O2.C24H22N2O.C19H17BrN2O3.C18H14ClF3N2.C18H17ClN2O/c1-30-19-13-11-17(12-14-19)24-23-21(20-9-5-6-10-22(20)27-23)15-16-28(24)25(29)26-18-7-3-2-4-8-18;1-3-7-17(8-4-1)16-27-19-11-12-22-21(15-19)20-13-14-25-23(24(20)26-22)18-9-5-2-6-10-18;1-25-12-5-2-10(3-6-12)17-18-14(9-16(22-17)19(23)24)13-8-11(20)4-7-15(13)21-18;19-12-4-5-15-14(9-12)13-6-7-23-16(17(13)24-15)10-2-1-3-11(8-10)18(20,21)22;1-22-16-5-3-2-4-13(16)17-18-12(8-9-20-17)14-10-11(19)6-7-15(14)21-18/h2-14,24,27H,15-16H2,1H3,(H,26,29);1-12,15,23,25-26H,13-14,16H2;2-8,16-17,21-22H,9H2,1H3,(H,23,24);1-5,8-9,16,23-24H,6-7H2;2-7,10,17,20-21H,8-9H2,1H3. The Bertz CT molecular complexity index is 6840. The number of carbonyl (C=O) groups excluding carboxylic acids is 1. The number of aliphatic carboxylic acids is 1. The molecule has 128 heavy (non-hydrogen) atoms. The van der Waals surface area contributed by atoms with Gasteiger partial charge in [0.1, 0.15) is 35.6 Å². The predicted octanol–water partition coefficient (Wildman–Crippen LogP) is 23.1. The lowest BCUT2D eigenvalue weighted by Gasteiger charge is -2.36. The van der Waals surface area contributed by atoms with Crippen molar-refractivity contribution in [1.82, 2.24) is 51.1 Å². The molecule has 12 aromatic carbocycles. The molecule has 6 unspecified atom stereocenters. The number of hydrogen-bond donors (Lipinski definition) is 11. The van der Waals surface area contributed by atoms with Crippen molar-refractivity contribution >= 4 is 111 Å². The number of nitrogens with one attached hydrogen (secondary N) is 10. The predicted molar refractivity (Wildman–Crippen MR) is 505 cm³/mol. The molecule has 17 aromatic rings. The number of para-hydroxylation sites is 3. The SMILES string of the molecule is COc1ccc(C2NC(C(=O)O)Cc3c2[nH]c2ccc(Br)cc32)cc1.COc1ccc(C2c3[nH]c4ccccc4c3CCN2C(=O)Nc2ccccc2)cc1.COc1ccccc1C1NCCc2c1[nH]c1ccc(Cl)cc21.FC(F)(F)c1cccc(C2NCCc3c2[nH]c2ccc(Cl)cc32)c1.c1ccc(COc2ccc3[nH]c4c(c3c2)CCNC4c2ccccc2)cc1. The highest BCUT2D eigenvalue weighted by Gasteiger charge is 2.38. The van der Waals surface area contributed by atoms with Gasteiger partial charge in [-0.2, -0.15) is 13.2 Å². The van der Waals surface area contributed by atoms with E-state index in [1.807, 2.05) is 163 Å². The largest absolute Gasteiger partial charge is 0.497 e. The zero-order chi connectivity index (χ0) is 88.1. The number of benzene rings is 12. The highest BCUT2D eigenvalue weighted by Crippen LogP contribution is 2.44. The topological polar surface area (TPSA) is 234 Å². The maximum atomic E-state index is 13.3. The Balaban J connectivity index is 0.000000108. The Hall–Kier alpha value is -13.0. The van der Waals surface area contributed by atoms with Gasteiger partial charge in [0.25, 0.3) is 0 Å². The number of rotatable bonds is 13. The van der Waals surface area contributed by atoms with E-state index in [9.17, 15) is 27.9 Å². The fourth-order valence-corrected chi connectivity index (χ4v) is 19.2. The lowest BCUT2D eigenvalue weighted by Crippen LogP contribution is -2.44. The van der Waals surface area contributed by atoms with Gasteiger partial charge in [0.15, 0.2) is 0 Å². The second-order valence-electron chi connectivity index (χ2n) is 32.3. The lowest BCUT2D eigenvalue weighted by molar-refractivity contribution is -0.140. The first kappa shape index (κ1) is 85.7. The summed E-state index contributed by atoms with van der Waals surface area (Å²) in [6, 6.07) is 91.1. The number of fused-ring (bicyclic) bond motifs is 15. The molecule has 11 N–H and O–H groups in total. The van der Waals surface area contributed by atoms with Crippen molar-refractivity contribution in [2.75, 3.05) is 52.8 Å². The number of urea groups is 1. The minimum Gasteiger partial charge on any atom is -0.497 e. The van der Waals surface area contributed by atoms with E-state index in [0.717, 1.165) is 161 Å². The van der Waals surface area contributed by atoms with Crippen LogP contribution in [0, 0.1) is 0 Å². The third kappa shape index (κ3) is 18.2. The molecular formula is C104H93BrCl2F3N11O7. The van der Waals surface area contributed by atoms with Crippen molar-refractivity contribution in [3.8, 4) is 23.0 Å². The molecule has 0 bridgehead atoms. The molecular weight excluding hydrogens is 1720 g/mol. The first-order valence-electron chi connectivity index (χ1n) is 42.7. The summed E-state index contributed by atoms with van der Waals surface area (Å²) in [6.45, 7) is 3.86. The number of aromatic amines is 5. The first-order chi connectivity index (χ1) is 62.4. The van der Waals surface area contributed by atoms with Gasteiger partial charge in [-0.15, -0.1) is 0 Å². The van der Waals surface area contributed by atoms with Gasteiger partial charge in [-0.05, 0) is 215 Å². The average Bonchev–Trinajstić information content (AvgIpc) is 1.11. The molecule has 5 aliphatic heterocycles. The van der Waals surface area contributed by atoms with Gasteiger partial charge in [0, 0.05) is 141 Å². The van der Waals surface area contributed by atoms with Crippen molar-refractivity contribution < 1.29 is 46.8 Å². The first-order valence-corrected chi connectivity index (χ1v) is 44.2. The number of carboxylic acid groups (broad SMARTS) is 1. The molecule has 0 radical (unpaired) electrons. The van der Waals surface area contributed by atoms with Crippen molar-refractivity contribution in [3.05, 3.63) is 395 Å². The summed E-state index contributed by atoms with van der Waals surface area (Å²) in [6.07, 6.45) is -0.239. The van der Waals surface area contributed by atoms with Crippen LogP contribution in [0.25, 0.3) is 54.5 Å². The van der Waals surface area contributed by atoms with E-state index in [4.69, 9.17) is 42.1 Å². The number of anilines is 1. The number of H-pyrrole nitrogens is 5. The summed E-state index contributed by atoms with van der Waals surface area (Å²) in [5.74, 6) is 2.56. The van der Waals surface area contributed by atoms with E-state index in [1.165, 1.54) is 73.0 Å². The summed E-state index contributed by atoms with van der Waals surface area (Å²) in [5, 5.41) is 33.7. The normalized spacial score (nSPS) is 17.3. The van der Waals surface area contributed by atoms with Crippen molar-refractivity contribution in [1.29, 1.82) is 0 Å². The molecule has 0 spiro atoms. The zero-order valence-electron chi connectivity index (χ0n) is 70.3. The van der Waals surface area contributed by atoms with E-state index in [1.54, 1.807) is 33.5 Å². The second-order valence-corrected chi connectivity index (χ2v) is 34.0. The number of carboxylic acids is 1. The van der Waals surface area contributed by atoms with Crippen LogP contribution in [-0.2, 0) is 49.7 Å². The van der Waals surface area contributed by atoms with Crippen molar-refractivity contribution in [3.63, 3.8) is 0 Å². The molecule has 10 heterocycles. The average molecular weight is 1820 g/mol. The van der Waals surface area contributed by atoms with Gasteiger partial charge >= 0.3 is 18.2 Å². The summed E-state index contributed by atoms with van der Waals surface area (Å²) < 4.78 is 62.1. The van der Waals surface area contributed by atoms with Crippen LogP contribution in [0.1, 0.15) is 125 Å². The number of methoxy groups -OCH3 is 3. The molecule has 0 aliphatic carbocycles. The van der Waals surface area contributed by atoms with Gasteiger partial charge < -0.3 is 75.1 Å². The maximum Gasteiger partial charge on any atom is 0.416 e. The summed E-state index contributed by atoms with van der Waals surface area (Å²) in [7, 11) is 5.00. The molecule has 0 saturated heterocycles. The second kappa shape index (κ2) is 37.9. The quantitative estimate of drug-likeness (QED) is 0.0520. The fraction of sp³-hybridized carbons (Fsp3) is 0.192. The number of aromatic nitrogens is 5. The van der Waals surface area contributed by atoms with Gasteiger partial charge in [-0.25, -0.2) is 4.79 Å². The molecule has 6 atom stereocenters. The van der Waals surface area contributed by atoms with E-state index in [-0.39, 0.29) is 36.2 Å². The zero-order valence-corrected chi connectivity index (χ0v) is 73.4. The van der Waals surface area contributed by atoms with Crippen LogP contribution in [0.4, 0.5) is 23.7 Å². The smallest absolute Gasteiger partial charge is 0.416 e. The molecule has 0 fully saturated rings. The Morgan fingerprint density at radius 3 is 1.53 bits per heavy atom. The molecule has 24 heteroatoms. The molecule has 5 aromatic heterocycles. The van der Waals surface area contributed by atoms with E-state index in [0.29, 0.717) is 36.7 Å². The summed E-state index contributed by atoms with van der Waals surface area (Å²) in [4.78, 5) is 44.5. The number of halogens is 6. The van der Waals surface area contributed by atoms with Gasteiger partial charge in [-0.1, -0.05) is 191 Å². The Labute approximate surface area is 756 Å². The van der Waals surface area contributed by atoms with Gasteiger partial charge in [0.05, 0.1) is 57.1 Å². The molecule has 0 saturated carbocycles. The van der Waals surface area contributed by atoms with Crippen LogP contribution >= 0.6 is 39.1 Å². The summed E-state index contributed by atoms with van der Waals surface area (Å²) in [5.41, 5.74) is 23.6. The van der Waals surface area contributed by atoms with Crippen LogP contribution in [-0.4, -0.2) is 100 Å². The molecule has 2 amide bonds. The number of hydrogen-bond acceptors (Lipinski definition) is 10. The summed E-state index contributed by atoms with van der Waals surface area (Å²) >= 11 is 15.8. The maximum absolute atomic E-state index is 13.3. The van der Waals surface area contributed by atoms with Crippen LogP contribution in [0.2, 0.25) is 10.0 Å². The van der Waals surface area contributed by atoms with Gasteiger partial charge in [0.2, 0.25) is 0 Å². The monoisotopic (exact) mass is 1810 g/mol. The Kier molecular flexibility index (Phi) is 25.4. The molecule has 18 nitrogen and oxygen atoms in total. The highest BCUT2D eigenvalue weighted by molar-refractivity contribution is 9.10. The van der Waals surface area contributed by atoms with Crippen LogP contribution in [0.3, 0.4) is 0 Å². The minimum absolute atomic E-state index is 0.105. The van der Waals surface area contributed by atoms with Crippen molar-refractivity contribution in [2.45, 2.75) is 81.1 Å². The third-order valence-corrected chi connectivity index (χ3v) is 25.6. The fourth-order valence-electron chi connectivity index (χ4n) is 18.5. The van der Waals surface area contributed by atoms with Crippen LogP contribution < -0.4 is 45.5 Å². The number of alkyl halides is 3. The Morgan fingerprint density at radius 2 is 0.922 bits per heavy atom. The van der Waals surface area contributed by atoms with E-state index in [2.05, 4.69) is 164 Å². The Morgan fingerprint density at radius 1 is 0.445 bits per heavy atom. The number of amides is 2. The number of carbonyl (C=O) groups is 2. The molecule has 5 aliphatic rings. The third-order valence-electron chi connectivity index (χ3n) is 24.6. The number of nitrogens with zero attached hydrogens (tertiary/aromatic N) is 1. The van der Waals surface area contributed by atoms with Crippen LogP contribution in [0.5, 0.6) is 23.0 Å². The molecule has 648 valence electrons. The minimum atomic E-state index is -4.35.